The largest absolute Gasteiger partial charge is 0.376 e. The summed E-state index contributed by atoms with van der Waals surface area (Å²) < 4.78 is 19.0. The molecule has 1 aliphatic heterocycles. The summed E-state index contributed by atoms with van der Waals surface area (Å²) in [6.45, 7) is 2.18. The number of carbonyl (C=O) groups is 1. The van der Waals surface area contributed by atoms with Crippen LogP contribution < -0.4 is 10.6 Å². The lowest BCUT2D eigenvalue weighted by atomic mass is 10.1. The second kappa shape index (κ2) is 9.54. The van der Waals surface area contributed by atoms with Gasteiger partial charge in [-0.1, -0.05) is 0 Å². The quantitative estimate of drug-likeness (QED) is 0.497. The highest BCUT2D eigenvalue weighted by molar-refractivity contribution is 5.85. The zero-order valence-corrected chi connectivity index (χ0v) is 16.4. The van der Waals surface area contributed by atoms with Gasteiger partial charge in [0, 0.05) is 50.9 Å². The lowest BCUT2D eigenvalue weighted by Gasteiger charge is -2.16. The molecule has 1 saturated heterocycles. The average Bonchev–Trinajstić information content (AvgIpc) is 3.32. The van der Waals surface area contributed by atoms with Crippen LogP contribution in [0.2, 0.25) is 0 Å². The Labute approximate surface area is 164 Å². The highest BCUT2D eigenvalue weighted by atomic mass is 19.1. The molecule has 152 valence electrons. The number of fused-ring (bicyclic) bond motifs is 1. The molecule has 2 aromatic rings. The van der Waals surface area contributed by atoms with Crippen molar-refractivity contribution >= 4 is 22.8 Å². The summed E-state index contributed by atoms with van der Waals surface area (Å²) in [4.78, 5) is 20.9. The smallest absolute Gasteiger partial charge is 0.243 e. The first-order valence-electron chi connectivity index (χ1n) is 9.62. The van der Waals surface area contributed by atoms with E-state index in [4.69, 9.17) is 4.74 Å². The lowest BCUT2D eigenvalue weighted by Crippen LogP contribution is -2.42. The van der Waals surface area contributed by atoms with E-state index in [-0.39, 0.29) is 24.4 Å². The van der Waals surface area contributed by atoms with Gasteiger partial charge in [0.05, 0.1) is 6.10 Å². The number of carbonyl (C=O) groups excluding carboxylic acids is 1. The fourth-order valence-electron chi connectivity index (χ4n) is 3.16. The van der Waals surface area contributed by atoms with E-state index in [1.54, 1.807) is 20.2 Å². The maximum Gasteiger partial charge on any atom is 0.243 e. The van der Waals surface area contributed by atoms with Gasteiger partial charge in [-0.05, 0) is 43.0 Å². The van der Waals surface area contributed by atoms with Gasteiger partial charge in [0.25, 0.3) is 0 Å². The second-order valence-corrected chi connectivity index (χ2v) is 7.15. The first-order chi connectivity index (χ1) is 13.5. The summed E-state index contributed by atoms with van der Waals surface area (Å²) in [5, 5.41) is 7.55. The number of benzene rings is 1. The molecule has 0 bridgehead atoms. The molecule has 3 rings (SSSR count). The van der Waals surface area contributed by atoms with Gasteiger partial charge in [-0.15, -0.1) is 0 Å². The number of halogens is 1. The number of aliphatic imine (C=N–C) groups is 1. The Balaban J connectivity index is 1.57. The van der Waals surface area contributed by atoms with Gasteiger partial charge in [-0.25, -0.2) is 9.38 Å². The normalized spacial score (nSPS) is 17.1. The minimum Gasteiger partial charge on any atom is -0.376 e. The molecule has 1 amide bonds. The van der Waals surface area contributed by atoms with Gasteiger partial charge in [0.15, 0.2) is 5.96 Å². The van der Waals surface area contributed by atoms with Crippen molar-refractivity contribution in [2.45, 2.75) is 25.4 Å². The second-order valence-electron chi connectivity index (χ2n) is 7.15. The number of amides is 1. The van der Waals surface area contributed by atoms with E-state index in [2.05, 4.69) is 20.6 Å². The van der Waals surface area contributed by atoms with Crippen molar-refractivity contribution in [3.63, 3.8) is 0 Å². The topological polar surface area (TPSA) is 81.8 Å². The average molecular weight is 389 g/mol. The lowest BCUT2D eigenvalue weighted by molar-refractivity contribution is -0.127. The van der Waals surface area contributed by atoms with Crippen molar-refractivity contribution in [2.75, 3.05) is 40.3 Å². The Hall–Kier alpha value is -2.61. The molecule has 8 heteroatoms. The number of rotatable bonds is 7. The van der Waals surface area contributed by atoms with Gasteiger partial charge in [0.1, 0.15) is 12.4 Å². The summed E-state index contributed by atoms with van der Waals surface area (Å²) in [6, 6.07) is 4.75. The number of nitrogens with zero attached hydrogens (tertiary/aromatic N) is 2. The molecular formula is C20H28FN5O2. The molecule has 7 nitrogen and oxygen atoms in total. The number of guanidine groups is 1. The van der Waals surface area contributed by atoms with Crippen molar-refractivity contribution in [1.29, 1.82) is 0 Å². The highest BCUT2D eigenvalue weighted by Gasteiger charge is 2.16. The molecule has 1 unspecified atom stereocenters. The predicted molar refractivity (Wildman–Crippen MR) is 108 cm³/mol. The number of hydrogen-bond donors (Lipinski definition) is 3. The Morgan fingerprint density at radius 2 is 2.25 bits per heavy atom. The SMILES string of the molecule is CN(C)C(=O)CN=C(NCCc1c[nH]c2cc(F)ccc12)NCC1CCCO1. The van der Waals surface area contributed by atoms with Crippen LogP contribution >= 0.6 is 0 Å². The summed E-state index contributed by atoms with van der Waals surface area (Å²) in [6.07, 6.45) is 4.93. The number of nitrogens with one attached hydrogen (secondary N) is 3. The third-order valence-electron chi connectivity index (χ3n) is 4.81. The monoisotopic (exact) mass is 389 g/mol. The van der Waals surface area contributed by atoms with Gasteiger partial charge < -0.3 is 25.3 Å². The summed E-state index contributed by atoms with van der Waals surface area (Å²) >= 11 is 0. The van der Waals surface area contributed by atoms with Crippen LogP contribution in [0.15, 0.2) is 29.4 Å². The van der Waals surface area contributed by atoms with E-state index in [0.29, 0.717) is 19.0 Å². The Bertz CT molecular complexity index is 827. The molecule has 1 atom stereocenters. The molecule has 0 radical (unpaired) electrons. The predicted octanol–water partition coefficient (Wildman–Crippen LogP) is 1.65. The van der Waals surface area contributed by atoms with Crippen LogP contribution in [0.4, 0.5) is 4.39 Å². The number of hydrogen-bond acceptors (Lipinski definition) is 3. The molecule has 1 aromatic heterocycles. The van der Waals surface area contributed by atoms with Crippen LogP contribution in [-0.4, -0.2) is 68.2 Å². The Morgan fingerprint density at radius 3 is 3.00 bits per heavy atom. The third kappa shape index (κ3) is 5.45. The summed E-state index contributed by atoms with van der Waals surface area (Å²) in [5.74, 6) is 0.283. The molecule has 0 spiro atoms. The molecule has 28 heavy (non-hydrogen) atoms. The van der Waals surface area contributed by atoms with Crippen molar-refractivity contribution in [2.24, 2.45) is 4.99 Å². The zero-order chi connectivity index (χ0) is 19.9. The fraction of sp³-hybridized carbons (Fsp3) is 0.500. The fourth-order valence-corrected chi connectivity index (χ4v) is 3.16. The standard InChI is InChI=1S/C20H28FN5O2/c1-26(2)19(27)13-25-20(24-12-16-4-3-9-28-16)22-8-7-14-11-23-18-10-15(21)5-6-17(14)18/h5-6,10-11,16,23H,3-4,7-9,12-13H2,1-2H3,(H2,22,24,25). The zero-order valence-electron chi connectivity index (χ0n) is 16.4. The van der Waals surface area contributed by atoms with Crippen molar-refractivity contribution in [3.05, 3.63) is 35.8 Å². The molecule has 3 N–H and O–H groups in total. The maximum absolute atomic E-state index is 13.3. The van der Waals surface area contributed by atoms with Gasteiger partial charge in [-0.3, -0.25) is 4.79 Å². The van der Waals surface area contributed by atoms with E-state index in [0.717, 1.165) is 42.3 Å². The van der Waals surface area contributed by atoms with Crippen LogP contribution in [0.5, 0.6) is 0 Å². The summed E-state index contributed by atoms with van der Waals surface area (Å²) in [7, 11) is 3.43. The Morgan fingerprint density at radius 1 is 1.39 bits per heavy atom. The van der Waals surface area contributed by atoms with Crippen LogP contribution in [-0.2, 0) is 16.0 Å². The van der Waals surface area contributed by atoms with Gasteiger partial charge in [-0.2, -0.15) is 0 Å². The molecular weight excluding hydrogens is 361 g/mol. The third-order valence-corrected chi connectivity index (χ3v) is 4.81. The van der Waals surface area contributed by atoms with E-state index in [1.165, 1.54) is 17.0 Å². The number of likely N-dealkylation sites (N-methyl/N-ethyl adjacent to an activating group) is 1. The van der Waals surface area contributed by atoms with Crippen molar-refractivity contribution in [3.8, 4) is 0 Å². The maximum atomic E-state index is 13.3. The van der Waals surface area contributed by atoms with Crippen LogP contribution in [0.3, 0.4) is 0 Å². The molecule has 0 aliphatic carbocycles. The summed E-state index contributed by atoms with van der Waals surface area (Å²) in [5.41, 5.74) is 1.89. The minimum atomic E-state index is -0.252. The molecule has 0 saturated carbocycles. The minimum absolute atomic E-state index is 0.0585. The van der Waals surface area contributed by atoms with Crippen molar-refractivity contribution in [1.82, 2.24) is 20.5 Å². The van der Waals surface area contributed by atoms with Gasteiger partial charge >= 0.3 is 0 Å². The highest BCUT2D eigenvalue weighted by Crippen LogP contribution is 2.19. The first kappa shape index (κ1) is 20.1. The van der Waals surface area contributed by atoms with Gasteiger partial charge in [0.2, 0.25) is 5.91 Å². The molecule has 1 fully saturated rings. The van der Waals surface area contributed by atoms with Crippen LogP contribution in [0.25, 0.3) is 10.9 Å². The number of aromatic amines is 1. The Kier molecular flexibility index (Phi) is 6.86. The van der Waals surface area contributed by atoms with E-state index >= 15 is 0 Å². The number of H-pyrrole nitrogens is 1. The molecule has 1 aromatic carbocycles. The van der Waals surface area contributed by atoms with Crippen LogP contribution in [0.1, 0.15) is 18.4 Å². The van der Waals surface area contributed by atoms with E-state index < -0.39 is 0 Å². The number of ether oxygens (including phenoxy) is 1. The molecule has 2 heterocycles. The first-order valence-corrected chi connectivity index (χ1v) is 9.62. The number of aromatic nitrogens is 1. The van der Waals surface area contributed by atoms with E-state index in [9.17, 15) is 9.18 Å². The van der Waals surface area contributed by atoms with Crippen molar-refractivity contribution < 1.29 is 13.9 Å². The molecule has 1 aliphatic rings. The van der Waals surface area contributed by atoms with Crippen LogP contribution in [0, 0.1) is 5.82 Å². The van der Waals surface area contributed by atoms with E-state index in [1.807, 2.05) is 6.20 Å².